The Morgan fingerprint density at radius 1 is 1.30 bits per heavy atom. The topological polar surface area (TPSA) is 70.5 Å². The van der Waals surface area contributed by atoms with Gasteiger partial charge in [0.1, 0.15) is 10.3 Å². The van der Waals surface area contributed by atoms with E-state index in [-0.39, 0.29) is 28.6 Å². The maximum Gasteiger partial charge on any atom is 0.303 e. The molecule has 0 spiro atoms. The lowest BCUT2D eigenvalue weighted by Crippen LogP contribution is -2.39. The molecule has 7 heteroatoms. The number of nitrogens with zero attached hydrogens (tertiary/aromatic N) is 2. The lowest BCUT2D eigenvalue weighted by molar-refractivity contribution is -0.138. The second-order valence-electron chi connectivity index (χ2n) is 4.81. The van der Waals surface area contributed by atoms with Gasteiger partial charge in [-0.2, -0.15) is 0 Å². The third-order valence-corrected chi connectivity index (χ3v) is 3.91. The number of hydrogen-bond donors (Lipinski definition) is 1. The first-order valence-electron chi connectivity index (χ1n) is 6.30. The summed E-state index contributed by atoms with van der Waals surface area (Å²) in [5.74, 6) is -0.844. The molecule has 1 aromatic rings. The van der Waals surface area contributed by atoms with Crippen LogP contribution in [-0.2, 0) is 4.79 Å². The number of carboxylic acids is 1. The van der Waals surface area contributed by atoms with Crippen molar-refractivity contribution >= 4 is 35.1 Å². The molecule has 1 N–H and O–H groups in total. The maximum absolute atomic E-state index is 12.3. The van der Waals surface area contributed by atoms with Crippen LogP contribution in [-0.4, -0.2) is 40.0 Å². The summed E-state index contributed by atoms with van der Waals surface area (Å²) in [6, 6.07) is 3.08. The van der Waals surface area contributed by atoms with Gasteiger partial charge in [0.15, 0.2) is 0 Å². The fourth-order valence-corrected chi connectivity index (χ4v) is 2.75. The van der Waals surface area contributed by atoms with Crippen LogP contribution in [0.5, 0.6) is 0 Å². The number of halogens is 2. The van der Waals surface area contributed by atoms with Crippen molar-refractivity contribution in [1.82, 2.24) is 9.88 Å². The molecule has 2 heterocycles. The van der Waals surface area contributed by atoms with Crippen molar-refractivity contribution in [2.24, 2.45) is 5.92 Å². The minimum Gasteiger partial charge on any atom is -0.481 e. The standard InChI is InChI=1S/C13H14Cl2N2O3/c14-10-2-1-9(12(15)16-10)13(20)17-5-3-8(4-6-17)7-11(18)19/h1-2,8H,3-7H2,(H,18,19). The second kappa shape index (κ2) is 6.41. The van der Waals surface area contributed by atoms with Gasteiger partial charge >= 0.3 is 5.97 Å². The number of hydrogen-bond acceptors (Lipinski definition) is 3. The molecule has 1 aliphatic rings. The number of carbonyl (C=O) groups is 2. The smallest absolute Gasteiger partial charge is 0.303 e. The van der Waals surface area contributed by atoms with Crippen LogP contribution in [0.15, 0.2) is 12.1 Å². The lowest BCUT2D eigenvalue weighted by atomic mass is 9.93. The molecule has 1 saturated heterocycles. The van der Waals surface area contributed by atoms with E-state index in [0.717, 1.165) is 0 Å². The number of pyridine rings is 1. The molecule has 0 aromatic carbocycles. The van der Waals surface area contributed by atoms with Crippen molar-refractivity contribution in [3.05, 3.63) is 28.0 Å². The molecule has 0 saturated carbocycles. The third kappa shape index (κ3) is 3.61. The first-order valence-corrected chi connectivity index (χ1v) is 7.06. The molecule has 0 unspecified atom stereocenters. The summed E-state index contributed by atoms with van der Waals surface area (Å²) in [5, 5.41) is 9.10. The van der Waals surface area contributed by atoms with E-state index in [1.807, 2.05) is 0 Å². The third-order valence-electron chi connectivity index (χ3n) is 3.41. The van der Waals surface area contributed by atoms with Crippen LogP contribution in [0, 0.1) is 5.92 Å². The van der Waals surface area contributed by atoms with E-state index in [1.54, 1.807) is 11.0 Å². The van der Waals surface area contributed by atoms with Gasteiger partial charge in [-0.15, -0.1) is 0 Å². The van der Waals surface area contributed by atoms with Crippen molar-refractivity contribution < 1.29 is 14.7 Å². The molecule has 2 rings (SSSR count). The highest BCUT2D eigenvalue weighted by Crippen LogP contribution is 2.24. The van der Waals surface area contributed by atoms with Crippen molar-refractivity contribution in [3.8, 4) is 0 Å². The largest absolute Gasteiger partial charge is 0.481 e. The van der Waals surface area contributed by atoms with Crippen molar-refractivity contribution in [2.75, 3.05) is 13.1 Å². The maximum atomic E-state index is 12.3. The molecule has 0 atom stereocenters. The Labute approximate surface area is 126 Å². The number of carbonyl (C=O) groups excluding carboxylic acids is 1. The van der Waals surface area contributed by atoms with Gasteiger partial charge in [0.25, 0.3) is 5.91 Å². The first-order chi connectivity index (χ1) is 9.47. The summed E-state index contributed by atoms with van der Waals surface area (Å²) >= 11 is 11.6. The Morgan fingerprint density at radius 3 is 2.50 bits per heavy atom. The molecule has 0 radical (unpaired) electrons. The summed E-state index contributed by atoms with van der Waals surface area (Å²) in [6.07, 6.45) is 1.54. The van der Waals surface area contributed by atoms with E-state index in [9.17, 15) is 9.59 Å². The van der Waals surface area contributed by atoms with Gasteiger partial charge in [0.05, 0.1) is 5.56 Å². The van der Waals surface area contributed by atoms with Gasteiger partial charge < -0.3 is 10.0 Å². The van der Waals surface area contributed by atoms with Gasteiger partial charge in [0.2, 0.25) is 0 Å². The van der Waals surface area contributed by atoms with Crippen LogP contribution in [0.4, 0.5) is 0 Å². The van der Waals surface area contributed by atoms with E-state index in [2.05, 4.69) is 4.98 Å². The molecule has 108 valence electrons. The van der Waals surface area contributed by atoms with Gasteiger partial charge in [-0.1, -0.05) is 23.2 Å². The summed E-state index contributed by atoms with van der Waals surface area (Å²) in [6.45, 7) is 1.07. The van der Waals surface area contributed by atoms with Crippen molar-refractivity contribution in [3.63, 3.8) is 0 Å². The molecule has 0 bridgehead atoms. The fourth-order valence-electron chi connectivity index (χ4n) is 2.33. The molecule has 5 nitrogen and oxygen atoms in total. The Balaban J connectivity index is 1.99. The van der Waals surface area contributed by atoms with Gasteiger partial charge in [0, 0.05) is 19.5 Å². The number of rotatable bonds is 3. The van der Waals surface area contributed by atoms with Crippen LogP contribution in [0.3, 0.4) is 0 Å². The summed E-state index contributed by atoms with van der Waals surface area (Å²) in [4.78, 5) is 28.5. The van der Waals surface area contributed by atoms with Gasteiger partial charge in [-0.25, -0.2) is 4.98 Å². The number of likely N-dealkylation sites (tertiary alicyclic amines) is 1. The molecule has 1 aromatic heterocycles. The first kappa shape index (κ1) is 15.1. The van der Waals surface area contributed by atoms with Crippen molar-refractivity contribution in [2.45, 2.75) is 19.3 Å². The number of aromatic nitrogens is 1. The number of carboxylic acid groups (broad SMARTS) is 1. The molecule has 1 aliphatic heterocycles. The zero-order valence-corrected chi connectivity index (χ0v) is 12.2. The predicted molar refractivity (Wildman–Crippen MR) is 75.1 cm³/mol. The Kier molecular flexibility index (Phi) is 4.83. The Bertz CT molecular complexity index is 528. The average molecular weight is 317 g/mol. The highest BCUT2D eigenvalue weighted by atomic mass is 35.5. The number of piperidine rings is 1. The molecule has 20 heavy (non-hydrogen) atoms. The van der Waals surface area contributed by atoms with E-state index in [0.29, 0.717) is 31.5 Å². The zero-order valence-electron chi connectivity index (χ0n) is 10.7. The highest BCUT2D eigenvalue weighted by Gasteiger charge is 2.26. The Hall–Kier alpha value is -1.33. The molecular weight excluding hydrogens is 303 g/mol. The van der Waals surface area contributed by atoms with Crippen LogP contribution in [0.2, 0.25) is 10.3 Å². The molecular formula is C13H14Cl2N2O3. The van der Waals surface area contributed by atoms with E-state index in [4.69, 9.17) is 28.3 Å². The quantitative estimate of drug-likeness (QED) is 0.870. The van der Waals surface area contributed by atoms with Gasteiger partial charge in [-0.05, 0) is 30.9 Å². The molecule has 0 aliphatic carbocycles. The molecule has 1 fully saturated rings. The summed E-state index contributed by atoms with van der Waals surface area (Å²) in [7, 11) is 0. The summed E-state index contributed by atoms with van der Waals surface area (Å²) < 4.78 is 0. The van der Waals surface area contributed by atoms with E-state index >= 15 is 0 Å². The monoisotopic (exact) mass is 316 g/mol. The van der Waals surface area contributed by atoms with Crippen molar-refractivity contribution in [1.29, 1.82) is 0 Å². The fraction of sp³-hybridized carbons (Fsp3) is 0.462. The molecule has 1 amide bonds. The Morgan fingerprint density at radius 2 is 1.95 bits per heavy atom. The number of aliphatic carboxylic acids is 1. The minimum atomic E-state index is -0.792. The van der Waals surface area contributed by atoms with Crippen LogP contribution >= 0.6 is 23.2 Å². The normalized spacial score (nSPS) is 16.2. The van der Waals surface area contributed by atoms with Crippen LogP contribution in [0.1, 0.15) is 29.6 Å². The van der Waals surface area contributed by atoms with E-state index < -0.39 is 5.97 Å². The van der Waals surface area contributed by atoms with E-state index in [1.165, 1.54) is 6.07 Å². The zero-order chi connectivity index (χ0) is 14.7. The van der Waals surface area contributed by atoms with Gasteiger partial charge in [-0.3, -0.25) is 9.59 Å². The van der Waals surface area contributed by atoms with Crippen LogP contribution < -0.4 is 0 Å². The lowest BCUT2D eigenvalue weighted by Gasteiger charge is -2.31. The second-order valence-corrected chi connectivity index (χ2v) is 5.55. The summed E-state index contributed by atoms with van der Waals surface area (Å²) in [5.41, 5.74) is 0.327. The minimum absolute atomic E-state index is 0.0927. The van der Waals surface area contributed by atoms with Crippen LogP contribution in [0.25, 0.3) is 0 Å². The average Bonchev–Trinajstić information content (AvgIpc) is 2.38. The predicted octanol–water partition coefficient (Wildman–Crippen LogP) is 2.72. The number of amides is 1. The highest BCUT2D eigenvalue weighted by molar-refractivity contribution is 6.34. The SMILES string of the molecule is O=C(O)CC1CCN(C(=O)c2ccc(Cl)nc2Cl)CC1.